The minimum absolute atomic E-state index is 0.0388. The standard InChI is InChI=1S/C14H17N5O4S/c20-12-8-11(2-3-16-12)14(21)18-4-1-5-19(7-6-18)24(22,23)13-9-15-10-17-13/h2-3,8-10H,1,4-7H2,(H,15,17)(H,16,20). The topological polar surface area (TPSA) is 119 Å². The molecule has 128 valence electrons. The number of aromatic nitrogens is 3. The van der Waals surface area contributed by atoms with Crippen LogP contribution < -0.4 is 5.56 Å². The number of imidazole rings is 1. The van der Waals surface area contributed by atoms with Crippen LogP contribution in [0.5, 0.6) is 0 Å². The molecule has 3 rings (SSSR count). The molecule has 2 N–H and O–H groups in total. The molecule has 0 radical (unpaired) electrons. The molecule has 0 bridgehead atoms. The Morgan fingerprint density at radius 2 is 2.00 bits per heavy atom. The van der Waals surface area contributed by atoms with Crippen LogP contribution in [0.15, 0.2) is 40.7 Å². The van der Waals surface area contributed by atoms with E-state index in [-0.39, 0.29) is 29.6 Å². The molecule has 1 fully saturated rings. The van der Waals surface area contributed by atoms with Gasteiger partial charge in [-0.15, -0.1) is 0 Å². The van der Waals surface area contributed by atoms with Gasteiger partial charge in [0, 0.05) is 44.0 Å². The molecule has 3 heterocycles. The summed E-state index contributed by atoms with van der Waals surface area (Å²) in [7, 11) is -3.64. The normalized spacial score (nSPS) is 16.8. The highest BCUT2D eigenvalue weighted by molar-refractivity contribution is 7.89. The van der Waals surface area contributed by atoms with Crippen molar-refractivity contribution >= 4 is 15.9 Å². The third kappa shape index (κ3) is 3.24. The van der Waals surface area contributed by atoms with Gasteiger partial charge >= 0.3 is 0 Å². The number of hydrogen-bond donors (Lipinski definition) is 2. The Hall–Kier alpha value is -2.46. The van der Waals surface area contributed by atoms with Crippen molar-refractivity contribution in [2.75, 3.05) is 26.2 Å². The molecule has 9 nitrogen and oxygen atoms in total. The van der Waals surface area contributed by atoms with E-state index in [4.69, 9.17) is 0 Å². The highest BCUT2D eigenvalue weighted by Crippen LogP contribution is 2.16. The van der Waals surface area contributed by atoms with E-state index in [2.05, 4.69) is 15.0 Å². The van der Waals surface area contributed by atoms with E-state index in [1.165, 1.54) is 35.2 Å². The zero-order valence-corrected chi connectivity index (χ0v) is 13.6. The van der Waals surface area contributed by atoms with E-state index in [1.807, 2.05) is 0 Å². The molecule has 1 saturated heterocycles. The quantitative estimate of drug-likeness (QED) is 0.782. The van der Waals surface area contributed by atoms with Crippen LogP contribution in [0.4, 0.5) is 0 Å². The number of H-pyrrole nitrogens is 2. The highest BCUT2D eigenvalue weighted by Gasteiger charge is 2.29. The molecule has 10 heteroatoms. The van der Waals surface area contributed by atoms with Gasteiger partial charge in [0.2, 0.25) is 5.56 Å². The summed E-state index contributed by atoms with van der Waals surface area (Å²) in [4.78, 5) is 34.2. The molecular formula is C14H17N5O4S. The monoisotopic (exact) mass is 351 g/mol. The number of rotatable bonds is 3. The van der Waals surface area contributed by atoms with Crippen molar-refractivity contribution in [2.45, 2.75) is 11.4 Å². The number of nitrogens with zero attached hydrogens (tertiary/aromatic N) is 3. The first-order chi connectivity index (χ1) is 11.5. The lowest BCUT2D eigenvalue weighted by Gasteiger charge is -2.21. The summed E-state index contributed by atoms with van der Waals surface area (Å²) in [6, 6.07) is 2.78. The molecule has 0 aliphatic carbocycles. The minimum Gasteiger partial charge on any atom is -0.337 e. The molecule has 0 atom stereocenters. The first-order valence-electron chi connectivity index (χ1n) is 7.45. The molecule has 24 heavy (non-hydrogen) atoms. The fourth-order valence-electron chi connectivity index (χ4n) is 2.62. The van der Waals surface area contributed by atoms with Crippen molar-refractivity contribution < 1.29 is 13.2 Å². The van der Waals surface area contributed by atoms with E-state index in [1.54, 1.807) is 4.90 Å². The molecule has 1 aliphatic heterocycles. The summed E-state index contributed by atoms with van der Waals surface area (Å²) >= 11 is 0. The molecular weight excluding hydrogens is 334 g/mol. The van der Waals surface area contributed by atoms with Crippen LogP contribution in [0.1, 0.15) is 16.8 Å². The van der Waals surface area contributed by atoms with Gasteiger partial charge in [-0.2, -0.15) is 4.31 Å². The summed E-state index contributed by atoms with van der Waals surface area (Å²) < 4.78 is 26.3. The zero-order chi connectivity index (χ0) is 17.2. The largest absolute Gasteiger partial charge is 0.337 e. The molecule has 2 aromatic rings. The van der Waals surface area contributed by atoms with Gasteiger partial charge in [-0.05, 0) is 12.5 Å². The summed E-state index contributed by atoms with van der Waals surface area (Å²) in [6.07, 6.45) is 4.51. The Morgan fingerprint density at radius 1 is 1.17 bits per heavy atom. The second kappa shape index (κ2) is 6.57. The maximum absolute atomic E-state index is 12.5. The minimum atomic E-state index is -3.64. The van der Waals surface area contributed by atoms with Gasteiger partial charge < -0.3 is 14.9 Å². The summed E-state index contributed by atoms with van der Waals surface area (Å²) in [5, 5.41) is 0.0388. The van der Waals surface area contributed by atoms with Crippen LogP contribution in [-0.2, 0) is 10.0 Å². The third-order valence-corrected chi connectivity index (χ3v) is 5.68. The van der Waals surface area contributed by atoms with Gasteiger partial charge in [0.05, 0.1) is 12.5 Å². The number of hydrogen-bond acceptors (Lipinski definition) is 5. The van der Waals surface area contributed by atoms with Crippen molar-refractivity contribution in [2.24, 2.45) is 0 Å². The van der Waals surface area contributed by atoms with Crippen LogP contribution in [-0.4, -0.2) is 64.7 Å². The molecule has 0 unspecified atom stereocenters. The number of amides is 1. The van der Waals surface area contributed by atoms with Crippen LogP contribution >= 0.6 is 0 Å². The van der Waals surface area contributed by atoms with Crippen molar-refractivity contribution in [1.82, 2.24) is 24.2 Å². The third-order valence-electron chi connectivity index (χ3n) is 3.86. The van der Waals surface area contributed by atoms with E-state index in [9.17, 15) is 18.0 Å². The fourth-order valence-corrected chi connectivity index (χ4v) is 3.99. The smallest absolute Gasteiger partial charge is 0.260 e. The highest BCUT2D eigenvalue weighted by atomic mass is 32.2. The molecule has 1 aliphatic rings. The average Bonchev–Trinajstić information content (AvgIpc) is 2.99. The van der Waals surface area contributed by atoms with Crippen molar-refractivity contribution in [3.63, 3.8) is 0 Å². The Morgan fingerprint density at radius 3 is 2.71 bits per heavy atom. The Balaban J connectivity index is 1.74. The zero-order valence-electron chi connectivity index (χ0n) is 12.8. The Labute approximate surface area is 138 Å². The van der Waals surface area contributed by atoms with E-state index in [0.29, 0.717) is 25.1 Å². The van der Waals surface area contributed by atoms with Gasteiger partial charge in [0.25, 0.3) is 15.9 Å². The van der Waals surface area contributed by atoms with Gasteiger partial charge in [-0.25, -0.2) is 13.4 Å². The van der Waals surface area contributed by atoms with Gasteiger partial charge in [-0.1, -0.05) is 0 Å². The number of nitrogens with one attached hydrogen (secondary N) is 2. The van der Waals surface area contributed by atoms with Crippen molar-refractivity contribution in [3.8, 4) is 0 Å². The number of pyridine rings is 1. The summed E-state index contributed by atoms with van der Waals surface area (Å²) in [6.45, 7) is 1.20. The van der Waals surface area contributed by atoms with E-state index < -0.39 is 10.0 Å². The predicted molar refractivity (Wildman–Crippen MR) is 84.9 cm³/mol. The van der Waals surface area contributed by atoms with Crippen molar-refractivity contribution in [1.29, 1.82) is 0 Å². The van der Waals surface area contributed by atoms with Gasteiger partial charge in [-0.3, -0.25) is 9.59 Å². The second-order valence-electron chi connectivity index (χ2n) is 5.41. The molecule has 2 aromatic heterocycles. The maximum Gasteiger partial charge on any atom is 0.260 e. The van der Waals surface area contributed by atoms with Crippen LogP contribution in [0.25, 0.3) is 0 Å². The van der Waals surface area contributed by atoms with E-state index >= 15 is 0 Å². The first-order valence-corrected chi connectivity index (χ1v) is 8.89. The molecule has 1 amide bonds. The van der Waals surface area contributed by atoms with Crippen LogP contribution in [0.2, 0.25) is 0 Å². The number of carbonyl (C=O) groups excluding carboxylic acids is 1. The summed E-state index contributed by atoms with van der Waals surface area (Å²) in [5.41, 5.74) is -0.0530. The second-order valence-corrected chi connectivity index (χ2v) is 7.31. The molecule has 0 aromatic carbocycles. The Kier molecular flexibility index (Phi) is 4.49. The molecule has 0 saturated carbocycles. The first kappa shape index (κ1) is 16.4. The van der Waals surface area contributed by atoms with Gasteiger partial charge in [0.15, 0.2) is 5.03 Å². The SMILES string of the molecule is O=C(c1cc[nH]c(=O)c1)N1CCCN(S(=O)(=O)c2cnc[nH]2)CC1. The lowest BCUT2D eigenvalue weighted by molar-refractivity contribution is 0.0764. The Bertz CT molecular complexity index is 875. The van der Waals surface area contributed by atoms with Crippen LogP contribution in [0.3, 0.4) is 0 Å². The number of aromatic amines is 2. The fraction of sp³-hybridized carbons (Fsp3) is 0.357. The van der Waals surface area contributed by atoms with E-state index in [0.717, 1.165) is 0 Å². The maximum atomic E-state index is 12.5. The van der Waals surface area contributed by atoms with Crippen molar-refractivity contribution in [3.05, 3.63) is 46.8 Å². The van der Waals surface area contributed by atoms with Gasteiger partial charge in [0.1, 0.15) is 0 Å². The molecule has 0 spiro atoms. The lowest BCUT2D eigenvalue weighted by atomic mass is 10.2. The lowest BCUT2D eigenvalue weighted by Crippen LogP contribution is -2.37. The number of sulfonamides is 1. The predicted octanol–water partition coefficient (Wildman–Crippen LogP) is -0.365. The van der Waals surface area contributed by atoms with Crippen LogP contribution in [0, 0.1) is 0 Å². The number of carbonyl (C=O) groups is 1. The summed E-state index contributed by atoms with van der Waals surface area (Å²) in [5.74, 6) is -0.276. The average molecular weight is 351 g/mol.